The van der Waals surface area contributed by atoms with E-state index in [9.17, 15) is 4.79 Å². The van der Waals surface area contributed by atoms with Crippen LogP contribution < -0.4 is 10.6 Å². The normalized spacial score (nSPS) is 12.6. The quantitative estimate of drug-likeness (QED) is 0.548. The maximum absolute atomic E-state index is 12.5. The van der Waals surface area contributed by atoms with Crippen LogP contribution in [0.1, 0.15) is 27.7 Å². The van der Waals surface area contributed by atoms with E-state index in [4.69, 9.17) is 0 Å². The Kier molecular flexibility index (Phi) is 6.13. The minimum absolute atomic E-state index is 0.0776. The van der Waals surface area contributed by atoms with E-state index in [0.29, 0.717) is 5.13 Å². The second-order valence-corrected chi connectivity index (χ2v) is 10.3. The summed E-state index contributed by atoms with van der Waals surface area (Å²) in [5.74, 6) is -0.102. The SMILES string of the molecule is CC(Sc1nnc(NC(C)(C)C)s1)C(=O)Nc1nc(-c2ccccc2)cs1. The Balaban J connectivity index is 1.57. The number of nitrogens with one attached hydrogen (secondary N) is 2. The number of carbonyl (C=O) groups is 1. The zero-order chi connectivity index (χ0) is 19.4. The second kappa shape index (κ2) is 8.37. The van der Waals surface area contributed by atoms with Gasteiger partial charge in [0, 0.05) is 16.5 Å². The van der Waals surface area contributed by atoms with Gasteiger partial charge < -0.3 is 10.6 Å². The zero-order valence-electron chi connectivity index (χ0n) is 15.5. The molecule has 0 saturated carbocycles. The first-order valence-electron chi connectivity index (χ1n) is 8.40. The molecule has 2 N–H and O–H groups in total. The van der Waals surface area contributed by atoms with Crippen LogP contribution in [0.5, 0.6) is 0 Å². The molecule has 3 aromatic rings. The number of hydrogen-bond acceptors (Lipinski definition) is 8. The number of hydrogen-bond donors (Lipinski definition) is 2. The molecule has 27 heavy (non-hydrogen) atoms. The van der Waals surface area contributed by atoms with Crippen LogP contribution in [-0.4, -0.2) is 31.9 Å². The molecule has 1 unspecified atom stereocenters. The highest BCUT2D eigenvalue weighted by Gasteiger charge is 2.20. The molecule has 0 aliphatic carbocycles. The first-order chi connectivity index (χ1) is 12.8. The lowest BCUT2D eigenvalue weighted by molar-refractivity contribution is -0.115. The molecule has 1 atom stereocenters. The Labute approximate surface area is 170 Å². The molecule has 0 bridgehead atoms. The molecule has 0 fully saturated rings. The molecule has 0 aliphatic rings. The number of carbonyl (C=O) groups excluding carboxylic acids is 1. The van der Waals surface area contributed by atoms with Gasteiger partial charge in [0.25, 0.3) is 0 Å². The van der Waals surface area contributed by atoms with E-state index < -0.39 is 0 Å². The Morgan fingerprint density at radius 3 is 2.59 bits per heavy atom. The summed E-state index contributed by atoms with van der Waals surface area (Å²) in [5, 5.41) is 17.4. The zero-order valence-corrected chi connectivity index (χ0v) is 18.0. The second-order valence-electron chi connectivity index (χ2n) is 6.90. The molecule has 3 rings (SSSR count). The molecule has 2 aromatic heterocycles. The lowest BCUT2D eigenvalue weighted by Crippen LogP contribution is -2.25. The van der Waals surface area contributed by atoms with Gasteiger partial charge in [0.1, 0.15) is 0 Å². The third-order valence-electron chi connectivity index (χ3n) is 3.34. The molecule has 0 saturated heterocycles. The predicted molar refractivity (Wildman–Crippen MR) is 115 cm³/mol. The summed E-state index contributed by atoms with van der Waals surface area (Å²) in [6.07, 6.45) is 0. The highest BCUT2D eigenvalue weighted by Crippen LogP contribution is 2.31. The predicted octanol–water partition coefficient (Wildman–Crippen LogP) is 4.99. The van der Waals surface area contributed by atoms with Gasteiger partial charge in [-0.05, 0) is 27.7 Å². The van der Waals surface area contributed by atoms with Crippen molar-refractivity contribution < 1.29 is 4.79 Å². The van der Waals surface area contributed by atoms with Crippen LogP contribution in [0.15, 0.2) is 40.1 Å². The van der Waals surface area contributed by atoms with E-state index in [2.05, 4.69) is 46.6 Å². The first kappa shape index (κ1) is 19.8. The largest absolute Gasteiger partial charge is 0.355 e. The molecule has 0 spiro atoms. The molecule has 1 aromatic carbocycles. The average Bonchev–Trinajstić information content (AvgIpc) is 3.24. The molecular formula is C18H21N5OS3. The van der Waals surface area contributed by atoms with Gasteiger partial charge in [0.15, 0.2) is 9.47 Å². The van der Waals surface area contributed by atoms with Gasteiger partial charge >= 0.3 is 0 Å². The van der Waals surface area contributed by atoms with E-state index in [0.717, 1.165) is 20.7 Å². The summed E-state index contributed by atoms with van der Waals surface area (Å²) in [5.41, 5.74) is 1.81. The number of thioether (sulfide) groups is 1. The molecule has 0 aliphatic heterocycles. The molecule has 9 heteroatoms. The maximum atomic E-state index is 12.5. The lowest BCUT2D eigenvalue weighted by atomic mass is 10.1. The van der Waals surface area contributed by atoms with Crippen molar-refractivity contribution >= 4 is 50.6 Å². The van der Waals surface area contributed by atoms with Crippen molar-refractivity contribution in [1.29, 1.82) is 0 Å². The maximum Gasteiger partial charge on any atom is 0.239 e. The first-order valence-corrected chi connectivity index (χ1v) is 11.0. The van der Waals surface area contributed by atoms with Gasteiger partial charge in [-0.1, -0.05) is 53.4 Å². The van der Waals surface area contributed by atoms with Crippen LogP contribution in [0.4, 0.5) is 10.3 Å². The van der Waals surface area contributed by atoms with E-state index in [1.807, 2.05) is 42.6 Å². The molecule has 2 heterocycles. The summed E-state index contributed by atoms with van der Waals surface area (Å²) in [4.78, 5) is 17.0. The van der Waals surface area contributed by atoms with Gasteiger partial charge in [-0.3, -0.25) is 4.79 Å². The van der Waals surface area contributed by atoms with Crippen LogP contribution in [0.3, 0.4) is 0 Å². The smallest absolute Gasteiger partial charge is 0.239 e. The minimum Gasteiger partial charge on any atom is -0.355 e. The molecule has 142 valence electrons. The van der Waals surface area contributed by atoms with Crippen molar-refractivity contribution in [3.8, 4) is 11.3 Å². The Morgan fingerprint density at radius 1 is 1.15 bits per heavy atom. The summed E-state index contributed by atoms with van der Waals surface area (Å²) >= 11 is 4.26. The number of aromatic nitrogens is 3. The van der Waals surface area contributed by atoms with Gasteiger partial charge in [0.05, 0.1) is 10.9 Å². The van der Waals surface area contributed by atoms with E-state index in [1.54, 1.807) is 0 Å². The van der Waals surface area contributed by atoms with Crippen LogP contribution >= 0.6 is 34.4 Å². The molecule has 0 radical (unpaired) electrons. The molecule has 6 nitrogen and oxygen atoms in total. The highest BCUT2D eigenvalue weighted by molar-refractivity contribution is 8.02. The standard InChI is InChI=1S/C18H21N5OS3/c1-11(26-17-23-22-16(27-17)21-18(2,3)4)14(24)20-15-19-13(10-25-15)12-8-6-5-7-9-12/h5-11H,1-4H3,(H,21,22)(H,19,20,24). The minimum atomic E-state index is -0.301. The average molecular weight is 420 g/mol. The fraction of sp³-hybridized carbons (Fsp3) is 0.333. The van der Waals surface area contributed by atoms with Crippen molar-refractivity contribution in [2.24, 2.45) is 0 Å². The van der Waals surface area contributed by atoms with Crippen molar-refractivity contribution in [3.05, 3.63) is 35.7 Å². The summed E-state index contributed by atoms with van der Waals surface area (Å²) in [7, 11) is 0. The van der Waals surface area contributed by atoms with Crippen molar-refractivity contribution in [1.82, 2.24) is 15.2 Å². The number of benzene rings is 1. The van der Waals surface area contributed by atoms with Crippen molar-refractivity contribution in [2.45, 2.75) is 42.8 Å². The number of amides is 1. The van der Waals surface area contributed by atoms with E-state index in [1.165, 1.54) is 34.4 Å². The summed E-state index contributed by atoms with van der Waals surface area (Å²) in [6, 6.07) is 9.90. The van der Waals surface area contributed by atoms with Crippen LogP contribution in [0.25, 0.3) is 11.3 Å². The van der Waals surface area contributed by atoms with Gasteiger partial charge in [0.2, 0.25) is 11.0 Å². The molecular weight excluding hydrogens is 398 g/mol. The number of thiazole rings is 1. The van der Waals surface area contributed by atoms with Crippen LogP contribution in [0.2, 0.25) is 0 Å². The topological polar surface area (TPSA) is 79.8 Å². The van der Waals surface area contributed by atoms with Crippen molar-refractivity contribution in [3.63, 3.8) is 0 Å². The molecule has 1 amide bonds. The van der Waals surface area contributed by atoms with E-state index in [-0.39, 0.29) is 16.7 Å². The third-order valence-corrected chi connectivity index (χ3v) is 6.12. The Hall–Kier alpha value is -1.97. The van der Waals surface area contributed by atoms with Crippen molar-refractivity contribution in [2.75, 3.05) is 10.6 Å². The Bertz CT molecular complexity index is 901. The monoisotopic (exact) mass is 419 g/mol. The number of rotatable bonds is 6. The van der Waals surface area contributed by atoms with Gasteiger partial charge in [-0.25, -0.2) is 4.98 Å². The Morgan fingerprint density at radius 2 is 1.89 bits per heavy atom. The summed E-state index contributed by atoms with van der Waals surface area (Å²) in [6.45, 7) is 8.04. The fourth-order valence-electron chi connectivity index (χ4n) is 2.11. The van der Waals surface area contributed by atoms with Crippen LogP contribution in [-0.2, 0) is 4.79 Å². The fourth-order valence-corrected chi connectivity index (χ4v) is 4.94. The van der Waals surface area contributed by atoms with Crippen LogP contribution in [0, 0.1) is 0 Å². The number of nitrogens with zero attached hydrogens (tertiary/aromatic N) is 3. The third kappa shape index (κ3) is 5.75. The highest BCUT2D eigenvalue weighted by atomic mass is 32.2. The van der Waals surface area contributed by atoms with E-state index >= 15 is 0 Å². The number of anilines is 2. The van der Waals surface area contributed by atoms with Gasteiger partial charge in [-0.2, -0.15) is 0 Å². The van der Waals surface area contributed by atoms with Gasteiger partial charge in [-0.15, -0.1) is 21.5 Å². The summed E-state index contributed by atoms with van der Waals surface area (Å²) < 4.78 is 0.758. The lowest BCUT2D eigenvalue weighted by Gasteiger charge is -2.18.